The Balaban J connectivity index is 1.44. The second-order valence-electron chi connectivity index (χ2n) is 17.1. The molecule has 4 aromatic rings. The first-order chi connectivity index (χ1) is 27.8. The van der Waals surface area contributed by atoms with E-state index in [4.69, 9.17) is 14.2 Å². The highest BCUT2D eigenvalue weighted by atomic mass is 32.2. The number of halogens is 2. The Bertz CT molecular complexity index is 2440. The molecule has 4 amide bonds. The fourth-order valence-electron chi connectivity index (χ4n) is 7.04. The van der Waals surface area contributed by atoms with E-state index in [1.165, 1.54) is 62.3 Å². The molecule has 1 saturated carbocycles. The van der Waals surface area contributed by atoms with Crippen molar-refractivity contribution in [2.75, 3.05) is 29.2 Å². The van der Waals surface area contributed by atoms with Gasteiger partial charge in [0.2, 0.25) is 5.91 Å². The molecule has 0 saturated heterocycles. The van der Waals surface area contributed by atoms with E-state index in [0.717, 1.165) is 4.90 Å². The number of sulfone groups is 1. The summed E-state index contributed by atoms with van der Waals surface area (Å²) in [5.74, 6) is -4.22. The van der Waals surface area contributed by atoms with Gasteiger partial charge in [-0.25, -0.2) is 27.8 Å². The second-order valence-corrected chi connectivity index (χ2v) is 19.3. The molecule has 3 heterocycles. The number of likely N-dealkylation sites (N-methyl/N-ethyl adjacent to an activating group) is 1. The molecule has 60 heavy (non-hydrogen) atoms. The molecule has 2 aliphatic heterocycles. The molecule has 14 nitrogen and oxygen atoms in total. The summed E-state index contributed by atoms with van der Waals surface area (Å²) in [6, 6.07) is 12.3. The molecule has 0 radical (unpaired) electrons. The topological polar surface area (TPSA) is 174 Å². The Morgan fingerprint density at radius 3 is 2.13 bits per heavy atom. The van der Waals surface area contributed by atoms with Crippen molar-refractivity contribution < 1.29 is 50.6 Å². The molecule has 7 rings (SSSR count). The number of hydrogen-bond donors (Lipinski definition) is 2. The molecule has 0 spiro atoms. The lowest BCUT2D eigenvalue weighted by Crippen LogP contribution is -2.44. The van der Waals surface area contributed by atoms with Crippen molar-refractivity contribution in [3.63, 3.8) is 0 Å². The number of benzene rings is 3. The first-order valence-electron chi connectivity index (χ1n) is 19.3. The Morgan fingerprint density at radius 1 is 0.933 bits per heavy atom. The van der Waals surface area contributed by atoms with E-state index in [2.05, 4.69) is 15.6 Å². The van der Waals surface area contributed by atoms with Gasteiger partial charge in [-0.15, -0.1) is 0 Å². The predicted octanol–water partition coefficient (Wildman–Crippen LogP) is 8.93. The van der Waals surface area contributed by atoms with E-state index < -0.39 is 69.0 Å². The maximum absolute atomic E-state index is 15.8. The van der Waals surface area contributed by atoms with Crippen LogP contribution >= 0.6 is 0 Å². The van der Waals surface area contributed by atoms with Crippen LogP contribution < -0.4 is 15.5 Å². The number of nitrogens with zero attached hydrogens (tertiary/aromatic N) is 3. The fraction of sp³-hybridized carbons (Fsp3) is 0.419. The Morgan fingerprint density at radius 2 is 1.55 bits per heavy atom. The lowest BCUT2D eigenvalue weighted by molar-refractivity contribution is -0.131. The fourth-order valence-corrected chi connectivity index (χ4v) is 8.90. The Kier molecular flexibility index (Phi) is 11.6. The summed E-state index contributed by atoms with van der Waals surface area (Å²) >= 11 is 0. The quantitative estimate of drug-likeness (QED) is 0.184. The summed E-state index contributed by atoms with van der Waals surface area (Å²) < 4.78 is 74.8. The van der Waals surface area contributed by atoms with Gasteiger partial charge in [0, 0.05) is 42.1 Å². The van der Waals surface area contributed by atoms with Crippen molar-refractivity contribution in [1.29, 1.82) is 0 Å². The average Bonchev–Trinajstić information content (AvgIpc) is 3.97. The minimum absolute atomic E-state index is 0.0116. The third-order valence-electron chi connectivity index (χ3n) is 9.66. The third-order valence-corrected chi connectivity index (χ3v) is 12.0. The highest BCUT2D eigenvalue weighted by Gasteiger charge is 2.40. The number of hydrogen-bond acceptors (Lipinski definition) is 11. The van der Waals surface area contributed by atoms with E-state index in [1.54, 1.807) is 65.8 Å². The standard InChI is InChI=1S/C43H49F2N5O9S/c1-24-18-27-19-25(2)34(24)43(44,45)23-57-38(52)48-30-11-15-33(60(55,56)31-12-13-31)28(21-30)22-49(9)37(51)35(27)47-29-10-14-32-26(20-29)16-17-46-36(32)50(39(53)58-41(3,4)5)40(54)59-42(6,7)8/h10-11,14-21,31,35,47H,12-13,22-23H2,1-9H3,(H,48,52)/t35-/m1/s1. The maximum Gasteiger partial charge on any atom is 0.425 e. The number of aryl methyl sites for hydroxylation is 2. The number of ether oxygens (including phenoxy) is 3. The molecule has 3 aliphatic rings. The third kappa shape index (κ3) is 9.61. The number of fused-ring (bicyclic) bond motifs is 10. The van der Waals surface area contributed by atoms with Crippen LogP contribution in [0.3, 0.4) is 0 Å². The van der Waals surface area contributed by atoms with Gasteiger partial charge in [0.25, 0.3) is 0 Å². The van der Waals surface area contributed by atoms with Crippen LogP contribution in [0.5, 0.6) is 0 Å². The van der Waals surface area contributed by atoms with Crippen LogP contribution in [0, 0.1) is 13.8 Å². The number of nitrogens with one attached hydrogen (secondary N) is 2. The summed E-state index contributed by atoms with van der Waals surface area (Å²) in [6.07, 6.45) is -0.806. The van der Waals surface area contributed by atoms with Gasteiger partial charge in [0.1, 0.15) is 17.2 Å². The lowest BCUT2D eigenvalue weighted by atomic mass is 9.91. The van der Waals surface area contributed by atoms with Gasteiger partial charge >= 0.3 is 24.2 Å². The molecule has 3 aromatic carbocycles. The minimum atomic E-state index is -3.79. The van der Waals surface area contributed by atoms with Gasteiger partial charge in [-0.3, -0.25) is 10.1 Å². The molecule has 2 N–H and O–H groups in total. The van der Waals surface area contributed by atoms with E-state index in [1.807, 2.05) is 0 Å². The molecule has 1 atom stereocenters. The summed E-state index contributed by atoms with van der Waals surface area (Å²) in [5, 5.41) is 5.93. The Labute approximate surface area is 347 Å². The van der Waals surface area contributed by atoms with Gasteiger partial charge in [-0.05, 0) is 138 Å². The van der Waals surface area contributed by atoms with Crippen molar-refractivity contribution in [3.05, 3.63) is 88.6 Å². The summed E-state index contributed by atoms with van der Waals surface area (Å²) in [5.41, 5.74) is -1.02. The maximum atomic E-state index is 15.8. The van der Waals surface area contributed by atoms with Crippen LogP contribution in [0.4, 0.5) is 40.4 Å². The Hall–Kier alpha value is -5.84. The summed E-state index contributed by atoms with van der Waals surface area (Å²) in [6.45, 7) is 11.4. The van der Waals surface area contributed by atoms with Crippen LogP contribution in [0.2, 0.25) is 0 Å². The zero-order valence-electron chi connectivity index (χ0n) is 34.9. The molecular formula is C43H49F2N5O9S. The first kappa shape index (κ1) is 43.7. The summed E-state index contributed by atoms with van der Waals surface area (Å²) in [4.78, 5) is 60.8. The predicted molar refractivity (Wildman–Crippen MR) is 221 cm³/mol. The van der Waals surface area contributed by atoms with Crippen molar-refractivity contribution in [2.45, 2.75) is 108 Å². The molecule has 0 unspecified atom stereocenters. The van der Waals surface area contributed by atoms with E-state index in [9.17, 15) is 27.6 Å². The highest BCUT2D eigenvalue weighted by molar-refractivity contribution is 7.92. The average molecular weight is 850 g/mol. The molecule has 1 aliphatic carbocycles. The molecule has 17 heteroatoms. The number of aromatic nitrogens is 1. The van der Waals surface area contributed by atoms with E-state index >= 15 is 8.78 Å². The molecular weight excluding hydrogens is 801 g/mol. The first-order valence-corrected chi connectivity index (χ1v) is 20.9. The van der Waals surface area contributed by atoms with Gasteiger partial charge in [-0.1, -0.05) is 12.1 Å². The summed E-state index contributed by atoms with van der Waals surface area (Å²) in [7, 11) is -2.30. The van der Waals surface area contributed by atoms with Crippen molar-refractivity contribution in [3.8, 4) is 0 Å². The van der Waals surface area contributed by atoms with Gasteiger partial charge < -0.3 is 24.4 Å². The normalized spacial score (nSPS) is 17.4. The van der Waals surface area contributed by atoms with Crippen LogP contribution in [0.1, 0.15) is 88.2 Å². The number of pyridine rings is 1. The van der Waals surface area contributed by atoms with E-state index in [-0.39, 0.29) is 45.2 Å². The molecule has 1 fully saturated rings. The van der Waals surface area contributed by atoms with Crippen LogP contribution in [-0.4, -0.2) is 72.6 Å². The minimum Gasteiger partial charge on any atom is -0.443 e. The zero-order chi connectivity index (χ0) is 44.1. The zero-order valence-corrected chi connectivity index (χ0v) is 35.8. The molecule has 4 bridgehead atoms. The van der Waals surface area contributed by atoms with Crippen LogP contribution in [0.15, 0.2) is 65.7 Å². The number of carbonyl (C=O) groups excluding carboxylic acids is 4. The smallest absolute Gasteiger partial charge is 0.425 e. The van der Waals surface area contributed by atoms with Crippen LogP contribution in [-0.2, 0) is 41.3 Å². The largest absolute Gasteiger partial charge is 0.443 e. The van der Waals surface area contributed by atoms with Crippen molar-refractivity contribution >= 4 is 62.0 Å². The number of amides is 4. The second kappa shape index (κ2) is 16.0. The van der Waals surface area contributed by atoms with Gasteiger partial charge in [0.15, 0.2) is 22.3 Å². The molecule has 320 valence electrons. The number of imide groups is 1. The van der Waals surface area contributed by atoms with Gasteiger partial charge in [-0.2, -0.15) is 13.7 Å². The number of anilines is 3. The number of rotatable bonds is 5. The highest BCUT2D eigenvalue weighted by Crippen LogP contribution is 2.39. The monoisotopic (exact) mass is 849 g/mol. The van der Waals surface area contributed by atoms with Crippen LogP contribution in [0.25, 0.3) is 10.8 Å². The van der Waals surface area contributed by atoms with Crippen molar-refractivity contribution in [1.82, 2.24) is 9.88 Å². The SMILES string of the molecule is Cc1cc2cc(C)c1C(F)(F)COC(=O)Nc1ccc(S(=O)(=O)C3CC3)c(c1)CN(C)C(=O)[C@@H]2Nc1ccc2c(N(C(=O)OC(C)(C)C)C(=O)OC(C)(C)C)nccc2c1. The molecule has 1 aromatic heterocycles. The van der Waals surface area contributed by atoms with Gasteiger partial charge in [0.05, 0.1) is 10.1 Å². The number of alkyl halides is 2. The van der Waals surface area contributed by atoms with E-state index in [0.29, 0.717) is 34.9 Å². The van der Waals surface area contributed by atoms with Crippen molar-refractivity contribution in [2.24, 2.45) is 0 Å². The number of carbonyl (C=O) groups is 4. The lowest BCUT2D eigenvalue weighted by Gasteiger charge is -2.29.